The van der Waals surface area contributed by atoms with Crippen molar-refractivity contribution in [3.8, 4) is 17.1 Å². The summed E-state index contributed by atoms with van der Waals surface area (Å²) in [6.07, 6.45) is 2.94. The van der Waals surface area contributed by atoms with E-state index < -0.39 is 5.97 Å². The molecule has 0 fully saturated rings. The number of benzene rings is 2. The van der Waals surface area contributed by atoms with Crippen molar-refractivity contribution in [1.82, 2.24) is 24.7 Å². The minimum atomic E-state index is -0.482. The minimum absolute atomic E-state index is 0.253. The molecule has 0 aliphatic carbocycles. The second-order valence-corrected chi connectivity index (χ2v) is 7.18. The lowest BCUT2D eigenvalue weighted by Crippen LogP contribution is -2.10. The predicted molar refractivity (Wildman–Crippen MR) is 126 cm³/mol. The summed E-state index contributed by atoms with van der Waals surface area (Å²) in [5, 5.41) is 8.66. The molecule has 3 heterocycles. The van der Waals surface area contributed by atoms with Gasteiger partial charge in [0.1, 0.15) is 17.7 Å². The number of rotatable bonds is 6. The van der Waals surface area contributed by atoms with Crippen LogP contribution in [0.2, 0.25) is 0 Å². The van der Waals surface area contributed by atoms with E-state index >= 15 is 0 Å². The van der Waals surface area contributed by atoms with Crippen molar-refractivity contribution in [2.24, 2.45) is 0 Å². The molecule has 0 saturated carbocycles. The molecule has 3 aromatic heterocycles. The average Bonchev–Trinajstić information content (AvgIpc) is 3.28. The van der Waals surface area contributed by atoms with Gasteiger partial charge < -0.3 is 10.1 Å². The van der Waals surface area contributed by atoms with Crippen LogP contribution in [0.1, 0.15) is 17.3 Å². The third-order valence-corrected chi connectivity index (χ3v) is 5.05. The summed E-state index contributed by atoms with van der Waals surface area (Å²) in [7, 11) is 0. The summed E-state index contributed by atoms with van der Waals surface area (Å²) >= 11 is 0. The summed E-state index contributed by atoms with van der Waals surface area (Å²) in [4.78, 5) is 26.0. The van der Waals surface area contributed by atoms with Gasteiger partial charge in [-0.05, 0) is 25.1 Å². The van der Waals surface area contributed by atoms with Gasteiger partial charge in [-0.3, -0.25) is 0 Å². The van der Waals surface area contributed by atoms with E-state index in [2.05, 4.69) is 20.4 Å². The number of nitrogens with one attached hydrogen (secondary N) is 1. The van der Waals surface area contributed by atoms with E-state index in [0.717, 1.165) is 22.2 Å². The summed E-state index contributed by atoms with van der Waals surface area (Å²) < 4.78 is 6.81. The van der Waals surface area contributed by atoms with Crippen molar-refractivity contribution in [3.05, 3.63) is 90.9 Å². The van der Waals surface area contributed by atoms with Crippen LogP contribution in [-0.4, -0.2) is 37.3 Å². The van der Waals surface area contributed by atoms with Crippen LogP contribution < -0.4 is 5.32 Å². The Labute approximate surface area is 189 Å². The average molecular weight is 436 g/mol. The Kier molecular flexibility index (Phi) is 5.47. The van der Waals surface area contributed by atoms with Crippen LogP contribution in [0.25, 0.3) is 28.0 Å². The van der Waals surface area contributed by atoms with Crippen LogP contribution in [0, 0.1) is 0 Å². The van der Waals surface area contributed by atoms with Crippen molar-refractivity contribution in [2.75, 3.05) is 11.9 Å². The third-order valence-electron chi connectivity index (χ3n) is 5.05. The van der Waals surface area contributed by atoms with Crippen LogP contribution in [-0.2, 0) is 4.74 Å². The molecule has 0 saturated heterocycles. The zero-order valence-corrected chi connectivity index (χ0v) is 17.8. The van der Waals surface area contributed by atoms with Crippen LogP contribution in [0.15, 0.2) is 85.3 Å². The number of hydrogen-bond acceptors (Lipinski definition) is 7. The molecule has 1 N–H and O–H groups in total. The molecule has 0 aliphatic heterocycles. The Morgan fingerprint density at radius 2 is 1.82 bits per heavy atom. The second-order valence-electron chi connectivity index (χ2n) is 7.18. The Morgan fingerprint density at radius 1 is 1.00 bits per heavy atom. The van der Waals surface area contributed by atoms with Gasteiger partial charge in [0.05, 0.1) is 24.0 Å². The lowest BCUT2D eigenvalue weighted by molar-refractivity contribution is 0.0527. The number of hydrogen-bond donors (Lipinski definition) is 1. The Bertz CT molecular complexity index is 1430. The van der Waals surface area contributed by atoms with Crippen molar-refractivity contribution < 1.29 is 9.53 Å². The highest BCUT2D eigenvalue weighted by Crippen LogP contribution is 2.26. The molecule has 0 bridgehead atoms. The fraction of sp³-hybridized carbons (Fsp3) is 0.0800. The van der Waals surface area contributed by atoms with Crippen LogP contribution in [0.5, 0.6) is 0 Å². The molecule has 5 rings (SSSR count). The van der Waals surface area contributed by atoms with Gasteiger partial charge in [-0.2, -0.15) is 9.78 Å². The van der Waals surface area contributed by atoms with E-state index in [1.807, 2.05) is 72.8 Å². The second kappa shape index (κ2) is 8.88. The first kappa shape index (κ1) is 20.3. The van der Waals surface area contributed by atoms with Gasteiger partial charge in [-0.25, -0.2) is 19.7 Å². The normalized spacial score (nSPS) is 10.8. The summed E-state index contributed by atoms with van der Waals surface area (Å²) in [6.45, 7) is 2.01. The fourth-order valence-corrected chi connectivity index (χ4v) is 3.49. The number of carbonyl (C=O) groups excluding carboxylic acids is 1. The van der Waals surface area contributed by atoms with Gasteiger partial charge >= 0.3 is 5.97 Å². The molecule has 0 aliphatic rings. The molecular weight excluding hydrogens is 416 g/mol. The van der Waals surface area contributed by atoms with Crippen molar-refractivity contribution in [3.63, 3.8) is 0 Å². The van der Waals surface area contributed by atoms with Gasteiger partial charge in [-0.15, -0.1) is 0 Å². The fourth-order valence-electron chi connectivity index (χ4n) is 3.49. The quantitative estimate of drug-likeness (QED) is 0.382. The van der Waals surface area contributed by atoms with Crippen molar-refractivity contribution in [1.29, 1.82) is 0 Å². The number of esters is 1. The first-order chi connectivity index (χ1) is 16.2. The Balaban J connectivity index is 1.58. The number of aromatic nitrogens is 5. The van der Waals surface area contributed by atoms with Gasteiger partial charge in [0.15, 0.2) is 11.6 Å². The minimum Gasteiger partial charge on any atom is -0.462 e. The summed E-state index contributed by atoms with van der Waals surface area (Å²) in [5.74, 6) is 0.999. The van der Waals surface area contributed by atoms with Crippen LogP contribution in [0.4, 0.5) is 11.6 Å². The highest BCUT2D eigenvalue weighted by molar-refractivity contribution is 5.95. The van der Waals surface area contributed by atoms with Gasteiger partial charge in [0.2, 0.25) is 0 Å². The predicted octanol–water partition coefficient (Wildman–Crippen LogP) is 4.80. The maximum absolute atomic E-state index is 12.6. The van der Waals surface area contributed by atoms with Crippen molar-refractivity contribution in [2.45, 2.75) is 6.92 Å². The topological polar surface area (TPSA) is 94.8 Å². The molecule has 0 spiro atoms. The molecule has 0 radical (unpaired) electrons. The number of pyridine rings is 1. The molecular formula is C25H20N6O2. The van der Waals surface area contributed by atoms with Gasteiger partial charge in [0.25, 0.3) is 0 Å². The van der Waals surface area contributed by atoms with Gasteiger partial charge in [-0.1, -0.05) is 48.5 Å². The van der Waals surface area contributed by atoms with E-state index in [1.165, 1.54) is 12.5 Å². The maximum atomic E-state index is 12.6. The van der Waals surface area contributed by atoms with E-state index in [9.17, 15) is 4.79 Å². The highest BCUT2D eigenvalue weighted by Gasteiger charge is 2.21. The number of anilines is 2. The van der Waals surface area contributed by atoms with E-state index in [4.69, 9.17) is 9.72 Å². The number of nitrogens with zero attached hydrogens (tertiary/aromatic N) is 5. The number of carbonyl (C=O) groups is 1. The number of fused-ring (bicyclic) bond motifs is 1. The smallest absolute Gasteiger partial charge is 0.343 e. The zero-order chi connectivity index (χ0) is 22.6. The largest absolute Gasteiger partial charge is 0.462 e. The lowest BCUT2D eigenvalue weighted by atomic mass is 10.1. The van der Waals surface area contributed by atoms with Crippen molar-refractivity contribution >= 4 is 28.5 Å². The first-order valence-electron chi connectivity index (χ1n) is 10.5. The maximum Gasteiger partial charge on any atom is 0.343 e. The Morgan fingerprint density at radius 3 is 2.67 bits per heavy atom. The van der Waals surface area contributed by atoms with Gasteiger partial charge in [0, 0.05) is 17.0 Å². The highest BCUT2D eigenvalue weighted by atomic mass is 16.5. The molecule has 162 valence electrons. The van der Waals surface area contributed by atoms with E-state index in [1.54, 1.807) is 11.6 Å². The molecule has 5 aromatic rings. The zero-order valence-electron chi connectivity index (χ0n) is 17.8. The summed E-state index contributed by atoms with van der Waals surface area (Å²) in [6, 6.07) is 23.2. The molecule has 33 heavy (non-hydrogen) atoms. The Hall–Kier alpha value is -4.59. The third kappa shape index (κ3) is 4.14. The summed E-state index contributed by atoms with van der Waals surface area (Å²) in [5.41, 5.74) is 2.81. The van der Waals surface area contributed by atoms with Crippen LogP contribution in [0.3, 0.4) is 0 Å². The van der Waals surface area contributed by atoms with E-state index in [-0.39, 0.29) is 12.2 Å². The molecule has 2 aromatic carbocycles. The molecule has 8 heteroatoms. The SMILES string of the molecule is CCOC(=O)c1cnn(-c2ccc3ccccc3n2)c1Nc1cc(-c2ccccc2)ncn1. The number of para-hydroxylation sites is 1. The standard InChI is InChI=1S/C25H20N6O2/c1-2-33-25(32)19-15-28-31(23-13-12-18-10-6-7-11-20(18)29-23)24(19)30-22-14-21(26-16-27-22)17-8-4-3-5-9-17/h3-16H,2H2,1H3,(H,26,27,30). The first-order valence-corrected chi connectivity index (χ1v) is 10.5. The van der Waals surface area contributed by atoms with Crippen LogP contribution >= 0.6 is 0 Å². The number of ether oxygens (including phenoxy) is 1. The lowest BCUT2D eigenvalue weighted by Gasteiger charge is -2.12. The molecule has 0 atom stereocenters. The molecule has 0 unspecified atom stereocenters. The molecule has 8 nitrogen and oxygen atoms in total. The van der Waals surface area contributed by atoms with E-state index in [0.29, 0.717) is 17.5 Å². The molecule has 0 amide bonds. The monoisotopic (exact) mass is 436 g/mol.